The lowest BCUT2D eigenvalue weighted by molar-refractivity contribution is 0.188. The first-order valence-electron chi connectivity index (χ1n) is 6.92. The van der Waals surface area contributed by atoms with Crippen molar-refractivity contribution in [3.8, 4) is 0 Å². The van der Waals surface area contributed by atoms with E-state index in [0.717, 1.165) is 31.7 Å². The predicted molar refractivity (Wildman–Crippen MR) is 79.3 cm³/mol. The van der Waals surface area contributed by atoms with E-state index in [1.165, 1.54) is 10.8 Å². The fourth-order valence-corrected chi connectivity index (χ4v) is 2.43. The van der Waals surface area contributed by atoms with Gasteiger partial charge in [0.15, 0.2) is 0 Å². The van der Waals surface area contributed by atoms with Crippen LogP contribution in [0.4, 0.5) is 0 Å². The van der Waals surface area contributed by atoms with Crippen molar-refractivity contribution < 1.29 is 4.74 Å². The number of methoxy groups -OCH3 is 1. The molecule has 0 aliphatic rings. The van der Waals surface area contributed by atoms with Gasteiger partial charge in [-0.1, -0.05) is 31.2 Å². The van der Waals surface area contributed by atoms with Gasteiger partial charge in [0.1, 0.15) is 0 Å². The summed E-state index contributed by atoms with van der Waals surface area (Å²) in [6, 6.07) is 10.8. The maximum Gasteiger partial charge on any atom is 0.0651 e. The minimum absolute atomic E-state index is 0.297. The molecule has 1 unspecified atom stereocenters. The van der Waals surface area contributed by atoms with Gasteiger partial charge in [-0.05, 0) is 30.8 Å². The van der Waals surface area contributed by atoms with Crippen molar-refractivity contribution in [3.63, 3.8) is 0 Å². The average Bonchev–Trinajstić information content (AvgIpc) is 2.46. The third-order valence-corrected chi connectivity index (χ3v) is 3.33. The summed E-state index contributed by atoms with van der Waals surface area (Å²) in [6.45, 7) is 3.88. The summed E-state index contributed by atoms with van der Waals surface area (Å²) in [7, 11) is 1.75. The molecule has 0 spiro atoms. The van der Waals surface area contributed by atoms with Crippen LogP contribution in [0.1, 0.15) is 31.5 Å². The van der Waals surface area contributed by atoms with Crippen molar-refractivity contribution >= 4 is 10.8 Å². The fourth-order valence-electron chi connectivity index (χ4n) is 2.43. The van der Waals surface area contributed by atoms with Gasteiger partial charge in [0.2, 0.25) is 0 Å². The first kappa shape index (κ1) is 14.0. The van der Waals surface area contributed by atoms with E-state index in [0.29, 0.717) is 6.04 Å². The molecule has 1 aromatic carbocycles. The summed E-state index contributed by atoms with van der Waals surface area (Å²) >= 11 is 0. The predicted octanol–water partition coefficient (Wildman–Crippen LogP) is 3.31. The molecule has 0 saturated carbocycles. The zero-order valence-corrected chi connectivity index (χ0v) is 11.7. The molecule has 3 nitrogen and oxygen atoms in total. The SMILES string of the molecule is CCNC(CCCOC)c1nccc2ccccc12. The Kier molecular flexibility index (Phi) is 5.31. The molecule has 0 aliphatic carbocycles. The molecule has 1 aromatic heterocycles. The Morgan fingerprint density at radius 1 is 1.26 bits per heavy atom. The number of rotatable bonds is 7. The van der Waals surface area contributed by atoms with E-state index in [2.05, 4.69) is 47.6 Å². The molecule has 2 rings (SSSR count). The Hall–Kier alpha value is -1.45. The number of pyridine rings is 1. The number of nitrogens with zero attached hydrogens (tertiary/aromatic N) is 1. The van der Waals surface area contributed by atoms with E-state index in [1.807, 2.05) is 6.20 Å². The van der Waals surface area contributed by atoms with Crippen molar-refractivity contribution in [2.24, 2.45) is 0 Å². The maximum atomic E-state index is 5.15. The lowest BCUT2D eigenvalue weighted by atomic mass is 10.0. The van der Waals surface area contributed by atoms with Crippen LogP contribution < -0.4 is 5.32 Å². The van der Waals surface area contributed by atoms with E-state index < -0.39 is 0 Å². The van der Waals surface area contributed by atoms with Crippen LogP contribution >= 0.6 is 0 Å². The van der Waals surface area contributed by atoms with Crippen LogP contribution in [-0.2, 0) is 4.74 Å². The summed E-state index contributed by atoms with van der Waals surface area (Å²) in [5.41, 5.74) is 1.15. The molecular formula is C16H22N2O. The Labute approximate surface area is 115 Å². The van der Waals surface area contributed by atoms with Gasteiger partial charge in [-0.3, -0.25) is 4.98 Å². The minimum Gasteiger partial charge on any atom is -0.385 e. The van der Waals surface area contributed by atoms with Crippen LogP contribution in [0.3, 0.4) is 0 Å². The zero-order chi connectivity index (χ0) is 13.5. The van der Waals surface area contributed by atoms with Gasteiger partial charge in [0.25, 0.3) is 0 Å². The quantitative estimate of drug-likeness (QED) is 0.774. The summed E-state index contributed by atoms with van der Waals surface area (Å²) in [4.78, 5) is 4.60. The monoisotopic (exact) mass is 258 g/mol. The largest absolute Gasteiger partial charge is 0.385 e. The molecule has 0 amide bonds. The zero-order valence-electron chi connectivity index (χ0n) is 11.7. The Balaban J connectivity index is 2.27. The van der Waals surface area contributed by atoms with E-state index in [4.69, 9.17) is 4.74 Å². The van der Waals surface area contributed by atoms with Crippen LogP contribution in [0, 0.1) is 0 Å². The third-order valence-electron chi connectivity index (χ3n) is 3.33. The second kappa shape index (κ2) is 7.22. The first-order valence-corrected chi connectivity index (χ1v) is 6.92. The molecule has 0 bridgehead atoms. The van der Waals surface area contributed by atoms with Crippen molar-refractivity contribution in [2.75, 3.05) is 20.3 Å². The standard InChI is InChI=1S/C16H22N2O/c1-3-17-15(9-6-12-19-2)16-14-8-5-4-7-13(14)10-11-18-16/h4-5,7-8,10-11,15,17H,3,6,9,12H2,1-2H3. The van der Waals surface area contributed by atoms with E-state index >= 15 is 0 Å². The van der Waals surface area contributed by atoms with Gasteiger partial charge in [0, 0.05) is 25.3 Å². The van der Waals surface area contributed by atoms with Crippen molar-refractivity contribution in [3.05, 3.63) is 42.2 Å². The number of nitrogens with one attached hydrogen (secondary N) is 1. The van der Waals surface area contributed by atoms with E-state index in [1.54, 1.807) is 7.11 Å². The minimum atomic E-state index is 0.297. The number of aromatic nitrogens is 1. The van der Waals surface area contributed by atoms with Gasteiger partial charge in [-0.25, -0.2) is 0 Å². The molecule has 0 radical (unpaired) electrons. The second-order valence-corrected chi connectivity index (χ2v) is 4.66. The molecule has 0 fully saturated rings. The van der Waals surface area contributed by atoms with Crippen LogP contribution in [0.25, 0.3) is 10.8 Å². The van der Waals surface area contributed by atoms with Gasteiger partial charge in [-0.15, -0.1) is 0 Å². The topological polar surface area (TPSA) is 34.1 Å². The van der Waals surface area contributed by atoms with Crippen LogP contribution in [-0.4, -0.2) is 25.2 Å². The molecule has 1 heterocycles. The van der Waals surface area contributed by atoms with Crippen LogP contribution in [0.15, 0.2) is 36.5 Å². The van der Waals surface area contributed by atoms with Crippen molar-refractivity contribution in [1.82, 2.24) is 10.3 Å². The average molecular weight is 258 g/mol. The Morgan fingerprint density at radius 3 is 2.89 bits per heavy atom. The number of ether oxygens (including phenoxy) is 1. The van der Waals surface area contributed by atoms with Gasteiger partial charge < -0.3 is 10.1 Å². The Bertz CT molecular complexity index is 508. The second-order valence-electron chi connectivity index (χ2n) is 4.66. The molecule has 0 saturated heterocycles. The smallest absolute Gasteiger partial charge is 0.0651 e. The van der Waals surface area contributed by atoms with Crippen LogP contribution in [0.5, 0.6) is 0 Å². The Morgan fingerprint density at radius 2 is 2.11 bits per heavy atom. The number of benzene rings is 1. The number of fused-ring (bicyclic) bond motifs is 1. The van der Waals surface area contributed by atoms with Gasteiger partial charge in [-0.2, -0.15) is 0 Å². The van der Waals surface area contributed by atoms with Gasteiger partial charge in [0.05, 0.1) is 11.7 Å². The first-order chi connectivity index (χ1) is 9.36. The molecule has 3 heteroatoms. The van der Waals surface area contributed by atoms with E-state index in [9.17, 15) is 0 Å². The summed E-state index contributed by atoms with van der Waals surface area (Å²) in [6.07, 6.45) is 3.99. The van der Waals surface area contributed by atoms with Gasteiger partial charge >= 0.3 is 0 Å². The lowest BCUT2D eigenvalue weighted by Crippen LogP contribution is -2.22. The summed E-state index contributed by atoms with van der Waals surface area (Å²) in [5, 5.41) is 6.03. The molecule has 19 heavy (non-hydrogen) atoms. The lowest BCUT2D eigenvalue weighted by Gasteiger charge is -2.19. The number of hydrogen-bond donors (Lipinski definition) is 1. The highest BCUT2D eigenvalue weighted by atomic mass is 16.5. The third kappa shape index (κ3) is 3.52. The normalized spacial score (nSPS) is 12.7. The highest BCUT2D eigenvalue weighted by Gasteiger charge is 2.14. The van der Waals surface area contributed by atoms with Crippen LogP contribution in [0.2, 0.25) is 0 Å². The molecular weight excluding hydrogens is 236 g/mol. The molecule has 1 N–H and O–H groups in total. The molecule has 1 atom stereocenters. The highest BCUT2D eigenvalue weighted by molar-refractivity contribution is 5.84. The molecule has 0 aliphatic heterocycles. The fraction of sp³-hybridized carbons (Fsp3) is 0.438. The maximum absolute atomic E-state index is 5.15. The van der Waals surface area contributed by atoms with Crippen molar-refractivity contribution in [1.29, 1.82) is 0 Å². The van der Waals surface area contributed by atoms with Crippen molar-refractivity contribution in [2.45, 2.75) is 25.8 Å². The number of hydrogen-bond acceptors (Lipinski definition) is 3. The molecule has 102 valence electrons. The summed E-state index contributed by atoms with van der Waals surface area (Å²) < 4.78 is 5.15. The highest BCUT2D eigenvalue weighted by Crippen LogP contribution is 2.24. The summed E-state index contributed by atoms with van der Waals surface area (Å²) in [5.74, 6) is 0. The molecule has 2 aromatic rings. The van der Waals surface area contributed by atoms with E-state index in [-0.39, 0.29) is 0 Å².